The van der Waals surface area contributed by atoms with E-state index in [0.29, 0.717) is 18.6 Å². The number of carbonyl (C=O) groups is 3. The number of ether oxygens (including phenoxy) is 1. The lowest BCUT2D eigenvalue weighted by Gasteiger charge is -2.19. The first kappa shape index (κ1) is 21.8. The van der Waals surface area contributed by atoms with Gasteiger partial charge in [-0.2, -0.15) is 0 Å². The second-order valence-electron chi connectivity index (χ2n) is 8.76. The Balaban J connectivity index is 1.14. The van der Waals surface area contributed by atoms with E-state index in [0.717, 1.165) is 22.3 Å². The van der Waals surface area contributed by atoms with E-state index in [4.69, 9.17) is 14.3 Å². The molecular formula is C26H24N2O6. The van der Waals surface area contributed by atoms with Crippen molar-refractivity contribution in [3.05, 3.63) is 83.3 Å². The number of carboxylic acid groups (broad SMARTS) is 1. The molecule has 1 heterocycles. The van der Waals surface area contributed by atoms with Crippen LogP contribution in [0.15, 0.2) is 65.1 Å². The van der Waals surface area contributed by atoms with E-state index in [1.54, 1.807) is 0 Å². The number of benzene rings is 2. The van der Waals surface area contributed by atoms with Crippen molar-refractivity contribution in [2.45, 2.75) is 37.3 Å². The molecule has 1 saturated carbocycles. The van der Waals surface area contributed by atoms with Crippen LogP contribution in [0.25, 0.3) is 11.1 Å². The molecule has 2 amide bonds. The van der Waals surface area contributed by atoms with Crippen molar-refractivity contribution in [2.75, 3.05) is 6.61 Å². The molecule has 5 rings (SSSR count). The Morgan fingerprint density at radius 2 is 1.62 bits per heavy atom. The normalized spacial score (nSPS) is 15.2. The first-order valence-electron chi connectivity index (χ1n) is 11.2. The van der Waals surface area contributed by atoms with Gasteiger partial charge < -0.3 is 24.9 Å². The Morgan fingerprint density at radius 1 is 0.971 bits per heavy atom. The van der Waals surface area contributed by atoms with Gasteiger partial charge in [0.1, 0.15) is 12.4 Å². The molecule has 0 atom stereocenters. The molecular weight excluding hydrogens is 436 g/mol. The van der Waals surface area contributed by atoms with Crippen molar-refractivity contribution in [3.63, 3.8) is 0 Å². The molecule has 0 bridgehead atoms. The maximum Gasteiger partial charge on any atom is 0.407 e. The molecule has 2 aliphatic rings. The number of carbonyl (C=O) groups excluding carboxylic acids is 2. The van der Waals surface area contributed by atoms with E-state index < -0.39 is 17.6 Å². The summed E-state index contributed by atoms with van der Waals surface area (Å²) < 4.78 is 10.7. The number of amides is 2. The molecule has 174 valence electrons. The molecule has 0 saturated heterocycles. The van der Waals surface area contributed by atoms with Gasteiger partial charge in [0, 0.05) is 12.3 Å². The van der Waals surface area contributed by atoms with Crippen LogP contribution < -0.4 is 10.6 Å². The zero-order chi connectivity index (χ0) is 23.7. The minimum absolute atomic E-state index is 0.0272. The van der Waals surface area contributed by atoms with Crippen molar-refractivity contribution in [1.82, 2.24) is 10.6 Å². The zero-order valence-electron chi connectivity index (χ0n) is 18.4. The van der Waals surface area contributed by atoms with Gasteiger partial charge in [0.25, 0.3) is 0 Å². The van der Waals surface area contributed by atoms with E-state index in [9.17, 15) is 14.4 Å². The summed E-state index contributed by atoms with van der Waals surface area (Å²) in [6.07, 6.45) is 0.955. The van der Waals surface area contributed by atoms with Crippen LogP contribution in [-0.4, -0.2) is 35.2 Å². The summed E-state index contributed by atoms with van der Waals surface area (Å²) in [4.78, 5) is 35.8. The lowest BCUT2D eigenvalue weighted by atomic mass is 9.98. The van der Waals surface area contributed by atoms with Crippen molar-refractivity contribution in [3.8, 4) is 11.1 Å². The fraction of sp³-hybridized carbons (Fsp3) is 0.269. The Kier molecular flexibility index (Phi) is 5.57. The molecule has 34 heavy (non-hydrogen) atoms. The SMILES string of the molecule is O=C(CC1(NC(=O)OCC2c3ccccc3-c3ccccc32)CC1)NCc1ccc(C(=O)O)o1. The first-order chi connectivity index (χ1) is 16.4. The average molecular weight is 460 g/mol. The van der Waals surface area contributed by atoms with Crippen LogP contribution in [0.1, 0.15) is 52.6 Å². The highest BCUT2D eigenvalue weighted by Gasteiger charge is 2.46. The van der Waals surface area contributed by atoms with Crippen LogP contribution >= 0.6 is 0 Å². The molecule has 1 aromatic heterocycles. The number of fused-ring (bicyclic) bond motifs is 3. The van der Waals surface area contributed by atoms with E-state index in [1.165, 1.54) is 12.1 Å². The lowest BCUT2D eigenvalue weighted by molar-refractivity contribution is -0.122. The van der Waals surface area contributed by atoms with Gasteiger partial charge in [0.15, 0.2) is 0 Å². The van der Waals surface area contributed by atoms with Gasteiger partial charge in [0.2, 0.25) is 11.7 Å². The largest absolute Gasteiger partial charge is 0.475 e. The third-order valence-corrected chi connectivity index (χ3v) is 6.40. The van der Waals surface area contributed by atoms with Crippen LogP contribution in [0, 0.1) is 0 Å². The summed E-state index contributed by atoms with van der Waals surface area (Å²) in [7, 11) is 0. The van der Waals surface area contributed by atoms with Gasteiger partial charge in [-0.05, 0) is 47.2 Å². The second-order valence-corrected chi connectivity index (χ2v) is 8.76. The summed E-state index contributed by atoms with van der Waals surface area (Å²) in [6.45, 7) is 0.291. The van der Waals surface area contributed by atoms with Crippen molar-refractivity contribution in [2.24, 2.45) is 0 Å². The van der Waals surface area contributed by atoms with Crippen molar-refractivity contribution in [1.29, 1.82) is 0 Å². The number of aromatic carboxylic acids is 1. The zero-order valence-corrected chi connectivity index (χ0v) is 18.4. The Morgan fingerprint density at radius 3 is 2.21 bits per heavy atom. The highest BCUT2D eigenvalue weighted by atomic mass is 16.5. The summed E-state index contributed by atoms with van der Waals surface area (Å²) in [6, 6.07) is 19.1. The van der Waals surface area contributed by atoms with Crippen LogP contribution in [0.4, 0.5) is 4.79 Å². The summed E-state index contributed by atoms with van der Waals surface area (Å²) in [5.41, 5.74) is 3.99. The minimum Gasteiger partial charge on any atom is -0.475 e. The predicted octanol–water partition coefficient (Wildman–Crippen LogP) is 4.06. The molecule has 8 nitrogen and oxygen atoms in total. The maximum absolute atomic E-state index is 12.6. The Hall–Kier alpha value is -4.07. The minimum atomic E-state index is -1.16. The number of hydrogen-bond donors (Lipinski definition) is 3. The van der Waals surface area contributed by atoms with Gasteiger partial charge in [-0.3, -0.25) is 4.79 Å². The molecule has 2 aliphatic carbocycles. The number of furan rings is 1. The third kappa shape index (κ3) is 4.39. The van der Waals surface area contributed by atoms with E-state index in [2.05, 4.69) is 34.9 Å². The monoisotopic (exact) mass is 460 g/mol. The van der Waals surface area contributed by atoms with Crippen molar-refractivity contribution >= 4 is 18.0 Å². The Bertz CT molecular complexity index is 1210. The predicted molar refractivity (Wildman–Crippen MR) is 122 cm³/mol. The molecule has 8 heteroatoms. The van der Waals surface area contributed by atoms with E-state index in [1.807, 2.05) is 24.3 Å². The highest BCUT2D eigenvalue weighted by molar-refractivity contribution is 5.84. The smallest absolute Gasteiger partial charge is 0.407 e. The first-order valence-corrected chi connectivity index (χ1v) is 11.2. The van der Waals surface area contributed by atoms with E-state index >= 15 is 0 Å². The standard InChI is InChI=1S/C26H24N2O6/c29-23(27-14-16-9-10-22(34-16)24(30)31)13-26(11-12-26)28-25(32)33-15-21-19-7-3-1-5-17(19)18-6-2-4-8-20(18)21/h1-10,21H,11-15H2,(H,27,29)(H,28,32)(H,30,31). The highest BCUT2D eigenvalue weighted by Crippen LogP contribution is 2.44. The Labute approximate surface area is 195 Å². The fourth-order valence-corrected chi connectivity index (χ4v) is 4.49. The average Bonchev–Trinajstić information content (AvgIpc) is 3.28. The fourth-order valence-electron chi connectivity index (χ4n) is 4.49. The quantitative estimate of drug-likeness (QED) is 0.467. The van der Waals surface area contributed by atoms with Gasteiger partial charge in [0.05, 0.1) is 12.1 Å². The molecule has 2 aromatic carbocycles. The third-order valence-electron chi connectivity index (χ3n) is 6.40. The van der Waals surface area contributed by atoms with Crippen molar-refractivity contribution < 1.29 is 28.6 Å². The molecule has 0 unspecified atom stereocenters. The molecule has 0 aliphatic heterocycles. The molecule has 3 aromatic rings. The number of alkyl carbamates (subject to hydrolysis) is 1. The van der Waals surface area contributed by atoms with Gasteiger partial charge in [-0.15, -0.1) is 0 Å². The number of hydrogen-bond acceptors (Lipinski definition) is 5. The lowest BCUT2D eigenvalue weighted by Crippen LogP contribution is -2.41. The second kappa shape index (κ2) is 8.70. The topological polar surface area (TPSA) is 118 Å². The van der Waals surface area contributed by atoms with Crippen LogP contribution in [0.5, 0.6) is 0 Å². The molecule has 0 radical (unpaired) electrons. The number of carboxylic acids is 1. The molecule has 3 N–H and O–H groups in total. The number of nitrogens with one attached hydrogen (secondary N) is 2. The summed E-state index contributed by atoms with van der Waals surface area (Å²) in [5, 5.41) is 14.5. The molecule has 0 spiro atoms. The van der Waals surface area contributed by atoms with Crippen LogP contribution in [0.3, 0.4) is 0 Å². The maximum atomic E-state index is 12.6. The van der Waals surface area contributed by atoms with Gasteiger partial charge in [-0.1, -0.05) is 48.5 Å². The number of rotatable bonds is 8. The van der Waals surface area contributed by atoms with Crippen LogP contribution in [0.2, 0.25) is 0 Å². The summed E-state index contributed by atoms with van der Waals surface area (Å²) in [5.74, 6) is -1.29. The van der Waals surface area contributed by atoms with Gasteiger partial charge >= 0.3 is 12.1 Å². The van der Waals surface area contributed by atoms with E-state index in [-0.39, 0.29) is 37.2 Å². The molecule has 1 fully saturated rings. The summed E-state index contributed by atoms with van der Waals surface area (Å²) >= 11 is 0. The van der Waals surface area contributed by atoms with Crippen LogP contribution in [-0.2, 0) is 16.1 Å². The van der Waals surface area contributed by atoms with Gasteiger partial charge in [-0.25, -0.2) is 9.59 Å².